The largest absolute Gasteiger partial charge is 0.481 e. The Labute approximate surface area is 145 Å². The van der Waals surface area contributed by atoms with E-state index in [1.54, 1.807) is 49.4 Å². The average Bonchev–Trinajstić information content (AvgIpc) is 2.51. The van der Waals surface area contributed by atoms with E-state index in [0.717, 1.165) is 11.1 Å². The SMILES string of the molecule is Cc1cc(Cl)ccc1O[C@@H](C)C(=O)N/N=C\c1ccc(Cl)cc1. The van der Waals surface area contributed by atoms with Crippen LogP contribution in [-0.4, -0.2) is 18.2 Å². The van der Waals surface area contributed by atoms with Crippen LogP contribution < -0.4 is 10.2 Å². The van der Waals surface area contributed by atoms with Gasteiger partial charge in [-0.15, -0.1) is 0 Å². The molecule has 0 radical (unpaired) electrons. The number of nitrogens with zero attached hydrogens (tertiary/aromatic N) is 1. The van der Waals surface area contributed by atoms with Crippen molar-refractivity contribution in [3.05, 3.63) is 63.6 Å². The fourth-order valence-electron chi connectivity index (χ4n) is 1.80. The Hall–Kier alpha value is -2.04. The van der Waals surface area contributed by atoms with Gasteiger partial charge in [-0.25, -0.2) is 5.43 Å². The number of hydrogen-bond acceptors (Lipinski definition) is 3. The highest BCUT2D eigenvalue weighted by Gasteiger charge is 2.15. The van der Waals surface area contributed by atoms with Gasteiger partial charge < -0.3 is 4.74 Å². The summed E-state index contributed by atoms with van der Waals surface area (Å²) >= 11 is 11.7. The first-order valence-corrected chi connectivity index (χ1v) is 7.72. The molecule has 0 unspecified atom stereocenters. The first-order valence-electron chi connectivity index (χ1n) is 6.97. The van der Waals surface area contributed by atoms with E-state index in [9.17, 15) is 4.79 Å². The van der Waals surface area contributed by atoms with Crippen molar-refractivity contribution in [2.24, 2.45) is 5.10 Å². The number of aryl methyl sites for hydroxylation is 1. The average molecular weight is 351 g/mol. The van der Waals surface area contributed by atoms with E-state index in [4.69, 9.17) is 27.9 Å². The van der Waals surface area contributed by atoms with Crippen molar-refractivity contribution in [1.82, 2.24) is 5.43 Å². The van der Waals surface area contributed by atoms with Crippen molar-refractivity contribution in [3.63, 3.8) is 0 Å². The van der Waals surface area contributed by atoms with Crippen LogP contribution in [0.5, 0.6) is 5.75 Å². The maximum atomic E-state index is 12.0. The van der Waals surface area contributed by atoms with Crippen LogP contribution in [0.2, 0.25) is 10.0 Å². The van der Waals surface area contributed by atoms with E-state index >= 15 is 0 Å². The zero-order valence-electron chi connectivity index (χ0n) is 12.7. The third-order valence-corrected chi connectivity index (χ3v) is 3.56. The lowest BCUT2D eigenvalue weighted by molar-refractivity contribution is -0.127. The summed E-state index contributed by atoms with van der Waals surface area (Å²) in [5.41, 5.74) is 4.14. The van der Waals surface area contributed by atoms with Gasteiger partial charge in [0.1, 0.15) is 5.75 Å². The number of hydrogen-bond donors (Lipinski definition) is 1. The molecule has 23 heavy (non-hydrogen) atoms. The molecule has 1 atom stereocenters. The van der Waals surface area contributed by atoms with Crippen LogP contribution in [0.4, 0.5) is 0 Å². The molecule has 2 rings (SSSR count). The highest BCUT2D eigenvalue weighted by atomic mass is 35.5. The molecule has 0 heterocycles. The lowest BCUT2D eigenvalue weighted by atomic mass is 10.2. The molecule has 0 aliphatic carbocycles. The molecular weight excluding hydrogens is 335 g/mol. The molecule has 0 bridgehead atoms. The number of carbonyl (C=O) groups excluding carboxylic acids is 1. The Morgan fingerprint density at radius 3 is 2.48 bits per heavy atom. The Morgan fingerprint density at radius 2 is 1.83 bits per heavy atom. The number of benzene rings is 2. The van der Waals surface area contributed by atoms with Gasteiger partial charge >= 0.3 is 0 Å². The van der Waals surface area contributed by atoms with Gasteiger partial charge in [-0.1, -0.05) is 35.3 Å². The first kappa shape index (κ1) is 17.3. The topological polar surface area (TPSA) is 50.7 Å². The smallest absolute Gasteiger partial charge is 0.280 e. The number of ether oxygens (including phenoxy) is 1. The monoisotopic (exact) mass is 350 g/mol. The fraction of sp³-hybridized carbons (Fsp3) is 0.176. The number of rotatable bonds is 5. The van der Waals surface area contributed by atoms with Gasteiger partial charge in [-0.2, -0.15) is 5.10 Å². The molecule has 1 amide bonds. The quantitative estimate of drug-likeness (QED) is 0.648. The van der Waals surface area contributed by atoms with Crippen LogP contribution in [0, 0.1) is 6.92 Å². The van der Waals surface area contributed by atoms with Crippen LogP contribution in [0.1, 0.15) is 18.1 Å². The second-order valence-electron chi connectivity index (χ2n) is 4.96. The number of nitrogens with one attached hydrogen (secondary N) is 1. The number of amides is 1. The zero-order valence-corrected chi connectivity index (χ0v) is 14.2. The van der Waals surface area contributed by atoms with Gasteiger partial charge in [0, 0.05) is 10.0 Å². The summed E-state index contributed by atoms with van der Waals surface area (Å²) in [6.45, 7) is 3.52. The molecule has 2 aromatic rings. The predicted molar refractivity (Wildman–Crippen MR) is 93.5 cm³/mol. The lowest BCUT2D eigenvalue weighted by Crippen LogP contribution is -2.33. The van der Waals surface area contributed by atoms with E-state index < -0.39 is 6.10 Å². The van der Waals surface area contributed by atoms with Crippen molar-refractivity contribution in [2.45, 2.75) is 20.0 Å². The van der Waals surface area contributed by atoms with Gasteiger partial charge in [-0.3, -0.25) is 4.79 Å². The predicted octanol–water partition coefficient (Wildman–Crippen LogP) is 4.22. The Balaban J connectivity index is 1.90. The molecule has 1 N–H and O–H groups in total. The van der Waals surface area contributed by atoms with E-state index in [0.29, 0.717) is 15.8 Å². The molecule has 4 nitrogen and oxygen atoms in total. The standard InChI is InChI=1S/C17H16Cl2N2O2/c1-11-9-15(19)7-8-16(11)23-12(2)17(22)21-20-10-13-3-5-14(18)6-4-13/h3-10,12H,1-2H3,(H,21,22)/b20-10-/t12-/m0/s1. The summed E-state index contributed by atoms with van der Waals surface area (Å²) in [6.07, 6.45) is 0.853. The summed E-state index contributed by atoms with van der Waals surface area (Å²) < 4.78 is 5.62. The Kier molecular flexibility index (Phi) is 6.02. The van der Waals surface area contributed by atoms with Gasteiger partial charge in [0.15, 0.2) is 6.10 Å². The van der Waals surface area contributed by atoms with Gasteiger partial charge in [0.05, 0.1) is 6.21 Å². The van der Waals surface area contributed by atoms with Gasteiger partial charge in [0.2, 0.25) is 0 Å². The molecule has 0 fully saturated rings. The molecule has 0 saturated carbocycles. The summed E-state index contributed by atoms with van der Waals surface area (Å²) in [5, 5.41) is 5.17. The van der Waals surface area contributed by atoms with E-state index in [2.05, 4.69) is 10.5 Å². The highest BCUT2D eigenvalue weighted by Crippen LogP contribution is 2.22. The minimum Gasteiger partial charge on any atom is -0.481 e. The first-order chi connectivity index (χ1) is 11.0. The molecule has 0 aliphatic heterocycles. The van der Waals surface area contributed by atoms with Crippen molar-refractivity contribution in [2.75, 3.05) is 0 Å². The molecule has 6 heteroatoms. The summed E-state index contributed by atoms with van der Waals surface area (Å²) in [5.74, 6) is 0.267. The molecule has 0 spiro atoms. The summed E-state index contributed by atoms with van der Waals surface area (Å²) in [4.78, 5) is 12.0. The van der Waals surface area contributed by atoms with Crippen molar-refractivity contribution in [1.29, 1.82) is 0 Å². The number of halogens is 2. The Morgan fingerprint density at radius 1 is 1.17 bits per heavy atom. The third kappa shape index (κ3) is 5.27. The van der Waals surface area contributed by atoms with Gasteiger partial charge in [0.25, 0.3) is 5.91 Å². The minimum atomic E-state index is -0.683. The lowest BCUT2D eigenvalue weighted by Gasteiger charge is -2.14. The van der Waals surface area contributed by atoms with Crippen LogP contribution >= 0.6 is 23.2 Å². The number of carbonyl (C=O) groups is 1. The maximum absolute atomic E-state index is 12.0. The van der Waals surface area contributed by atoms with Gasteiger partial charge in [-0.05, 0) is 55.3 Å². The molecule has 0 aromatic heterocycles. The number of hydrazone groups is 1. The van der Waals surface area contributed by atoms with E-state index in [-0.39, 0.29) is 5.91 Å². The van der Waals surface area contributed by atoms with Crippen molar-refractivity contribution >= 4 is 35.3 Å². The zero-order chi connectivity index (χ0) is 16.8. The minimum absolute atomic E-state index is 0.343. The fourth-order valence-corrected chi connectivity index (χ4v) is 2.15. The summed E-state index contributed by atoms with van der Waals surface area (Å²) in [6, 6.07) is 12.3. The van der Waals surface area contributed by atoms with Crippen molar-refractivity contribution < 1.29 is 9.53 Å². The van der Waals surface area contributed by atoms with Crippen LogP contribution in [0.15, 0.2) is 47.6 Å². The molecular formula is C17H16Cl2N2O2. The normalized spacial score (nSPS) is 12.2. The van der Waals surface area contributed by atoms with E-state index in [1.807, 2.05) is 6.92 Å². The molecule has 0 aliphatic rings. The Bertz CT molecular complexity index is 715. The van der Waals surface area contributed by atoms with Crippen LogP contribution in [0.25, 0.3) is 0 Å². The third-order valence-electron chi connectivity index (χ3n) is 3.07. The van der Waals surface area contributed by atoms with Crippen molar-refractivity contribution in [3.8, 4) is 5.75 Å². The molecule has 0 saturated heterocycles. The van der Waals surface area contributed by atoms with E-state index in [1.165, 1.54) is 6.21 Å². The molecule has 2 aromatic carbocycles. The maximum Gasteiger partial charge on any atom is 0.280 e. The second-order valence-corrected chi connectivity index (χ2v) is 5.83. The summed E-state index contributed by atoms with van der Waals surface area (Å²) in [7, 11) is 0. The highest BCUT2D eigenvalue weighted by molar-refractivity contribution is 6.30. The molecule has 120 valence electrons. The second kappa shape index (κ2) is 7.99. The van der Waals surface area contributed by atoms with Crippen LogP contribution in [0.3, 0.4) is 0 Å². The van der Waals surface area contributed by atoms with Crippen LogP contribution in [-0.2, 0) is 4.79 Å².